The molecule has 106 valence electrons. The molecule has 0 saturated heterocycles. The van der Waals surface area contributed by atoms with Gasteiger partial charge in [0.15, 0.2) is 0 Å². The van der Waals surface area contributed by atoms with Crippen molar-refractivity contribution in [3.8, 4) is 0 Å². The van der Waals surface area contributed by atoms with Crippen LogP contribution in [0.3, 0.4) is 0 Å². The second kappa shape index (κ2) is 7.06. The van der Waals surface area contributed by atoms with E-state index >= 15 is 0 Å². The van der Waals surface area contributed by atoms with Crippen molar-refractivity contribution in [3.63, 3.8) is 0 Å². The molecule has 0 bridgehead atoms. The second-order valence-electron chi connectivity index (χ2n) is 4.95. The number of halogens is 1. The lowest BCUT2D eigenvalue weighted by Crippen LogP contribution is -2.02. The average molecular weight is 273 g/mol. The number of nitrogens with one attached hydrogen (secondary N) is 1. The van der Waals surface area contributed by atoms with Crippen molar-refractivity contribution in [2.45, 2.75) is 26.3 Å². The molecule has 2 rings (SSSR count). The van der Waals surface area contributed by atoms with Crippen LogP contribution in [0.1, 0.15) is 23.1 Å². The highest BCUT2D eigenvalue weighted by molar-refractivity contribution is 5.46. The van der Waals surface area contributed by atoms with Crippen LogP contribution < -0.4 is 5.32 Å². The van der Waals surface area contributed by atoms with Gasteiger partial charge < -0.3 is 10.4 Å². The fraction of sp³-hybridized carbons (Fsp3) is 0.294. The van der Waals surface area contributed by atoms with Gasteiger partial charge in [0, 0.05) is 18.8 Å². The number of hydrogen-bond acceptors (Lipinski definition) is 2. The third kappa shape index (κ3) is 4.07. The number of aliphatic hydroxyl groups is 1. The van der Waals surface area contributed by atoms with Crippen LogP contribution in [0.5, 0.6) is 0 Å². The summed E-state index contributed by atoms with van der Waals surface area (Å²) in [7, 11) is 0. The summed E-state index contributed by atoms with van der Waals surface area (Å²) in [6.45, 7) is 2.79. The van der Waals surface area contributed by atoms with Gasteiger partial charge in [-0.3, -0.25) is 0 Å². The first kappa shape index (κ1) is 14.5. The van der Waals surface area contributed by atoms with Gasteiger partial charge in [-0.2, -0.15) is 0 Å². The van der Waals surface area contributed by atoms with E-state index in [9.17, 15) is 4.39 Å². The van der Waals surface area contributed by atoms with E-state index in [4.69, 9.17) is 5.11 Å². The minimum atomic E-state index is -0.205. The van der Waals surface area contributed by atoms with Gasteiger partial charge in [-0.05, 0) is 60.7 Å². The predicted molar refractivity (Wildman–Crippen MR) is 80.3 cm³/mol. The van der Waals surface area contributed by atoms with Gasteiger partial charge in [0.25, 0.3) is 0 Å². The van der Waals surface area contributed by atoms with Crippen molar-refractivity contribution in [3.05, 3.63) is 65.0 Å². The molecule has 2 N–H and O–H groups in total. The molecule has 0 aromatic heterocycles. The zero-order valence-electron chi connectivity index (χ0n) is 11.7. The standard InChI is InChI=1S/C17H20FNO/c1-13-7-8-16(18)11-15(13)12-19-17-6-2-4-14(10-17)5-3-9-20/h2,4,6-8,10-11,19-20H,3,5,9,12H2,1H3. The smallest absolute Gasteiger partial charge is 0.123 e. The summed E-state index contributed by atoms with van der Waals surface area (Å²) < 4.78 is 13.2. The number of aliphatic hydroxyl groups excluding tert-OH is 1. The highest BCUT2D eigenvalue weighted by Crippen LogP contribution is 2.16. The van der Waals surface area contributed by atoms with E-state index in [1.165, 1.54) is 11.6 Å². The summed E-state index contributed by atoms with van der Waals surface area (Å²) in [6.07, 6.45) is 1.64. The van der Waals surface area contributed by atoms with Crippen LogP contribution in [0.4, 0.5) is 10.1 Å². The van der Waals surface area contributed by atoms with E-state index in [0.717, 1.165) is 29.7 Å². The Kier molecular flexibility index (Phi) is 5.13. The molecule has 2 aromatic rings. The first-order valence-electron chi connectivity index (χ1n) is 6.88. The van der Waals surface area contributed by atoms with Gasteiger partial charge in [-0.25, -0.2) is 4.39 Å². The molecule has 0 atom stereocenters. The van der Waals surface area contributed by atoms with Gasteiger partial charge in [-0.1, -0.05) is 18.2 Å². The van der Waals surface area contributed by atoms with E-state index < -0.39 is 0 Å². The van der Waals surface area contributed by atoms with Crippen molar-refractivity contribution >= 4 is 5.69 Å². The molecule has 2 aromatic carbocycles. The van der Waals surface area contributed by atoms with E-state index in [0.29, 0.717) is 6.54 Å². The molecule has 0 aliphatic carbocycles. The minimum Gasteiger partial charge on any atom is -0.396 e. The van der Waals surface area contributed by atoms with Crippen LogP contribution in [0, 0.1) is 12.7 Å². The Hall–Kier alpha value is -1.87. The fourth-order valence-corrected chi connectivity index (χ4v) is 2.15. The number of benzene rings is 2. The fourth-order valence-electron chi connectivity index (χ4n) is 2.15. The van der Waals surface area contributed by atoms with Crippen LogP contribution in [-0.4, -0.2) is 11.7 Å². The van der Waals surface area contributed by atoms with Crippen molar-refractivity contribution in [1.29, 1.82) is 0 Å². The first-order chi connectivity index (χ1) is 9.69. The topological polar surface area (TPSA) is 32.3 Å². The number of aryl methyl sites for hydroxylation is 2. The van der Waals surface area contributed by atoms with Crippen molar-refractivity contribution in [2.75, 3.05) is 11.9 Å². The quantitative estimate of drug-likeness (QED) is 0.841. The normalized spacial score (nSPS) is 10.6. The Morgan fingerprint density at radius 2 is 2.00 bits per heavy atom. The molecule has 3 heteroatoms. The van der Waals surface area contributed by atoms with Crippen molar-refractivity contribution in [1.82, 2.24) is 0 Å². The predicted octanol–water partition coefficient (Wildman–Crippen LogP) is 3.67. The maximum atomic E-state index is 13.2. The summed E-state index contributed by atoms with van der Waals surface area (Å²) in [5.74, 6) is -0.205. The largest absolute Gasteiger partial charge is 0.396 e. The zero-order valence-corrected chi connectivity index (χ0v) is 11.7. The SMILES string of the molecule is Cc1ccc(F)cc1CNc1cccc(CCCO)c1. The highest BCUT2D eigenvalue weighted by Gasteiger charge is 2.01. The van der Waals surface area contributed by atoms with Crippen LogP contribution >= 0.6 is 0 Å². The molecule has 0 saturated carbocycles. The van der Waals surface area contributed by atoms with Gasteiger partial charge >= 0.3 is 0 Å². The van der Waals surface area contributed by atoms with E-state index in [2.05, 4.69) is 11.4 Å². The molecule has 2 nitrogen and oxygen atoms in total. The Labute approximate surface area is 119 Å². The van der Waals surface area contributed by atoms with E-state index in [-0.39, 0.29) is 12.4 Å². The Balaban J connectivity index is 2.01. The zero-order chi connectivity index (χ0) is 14.4. The Bertz CT molecular complexity index is 569. The van der Waals surface area contributed by atoms with E-state index in [1.807, 2.05) is 25.1 Å². The molecule has 20 heavy (non-hydrogen) atoms. The monoisotopic (exact) mass is 273 g/mol. The third-order valence-electron chi connectivity index (χ3n) is 3.34. The molecule has 0 aliphatic rings. The lowest BCUT2D eigenvalue weighted by Gasteiger charge is -2.10. The molecule has 0 radical (unpaired) electrons. The van der Waals surface area contributed by atoms with Crippen LogP contribution in [0.2, 0.25) is 0 Å². The van der Waals surface area contributed by atoms with Crippen molar-refractivity contribution in [2.24, 2.45) is 0 Å². The number of anilines is 1. The summed E-state index contributed by atoms with van der Waals surface area (Å²) in [5, 5.41) is 12.2. The molecule has 0 spiro atoms. The Morgan fingerprint density at radius 1 is 1.15 bits per heavy atom. The summed E-state index contributed by atoms with van der Waals surface area (Å²) in [4.78, 5) is 0. The molecule has 0 aliphatic heterocycles. The molecule has 0 fully saturated rings. The Morgan fingerprint density at radius 3 is 2.80 bits per heavy atom. The molecular formula is C17H20FNO. The van der Waals surface area contributed by atoms with Crippen LogP contribution in [-0.2, 0) is 13.0 Å². The average Bonchev–Trinajstić information content (AvgIpc) is 2.46. The first-order valence-corrected chi connectivity index (χ1v) is 6.88. The number of rotatable bonds is 6. The van der Waals surface area contributed by atoms with Crippen LogP contribution in [0.25, 0.3) is 0 Å². The lowest BCUT2D eigenvalue weighted by atomic mass is 10.1. The lowest BCUT2D eigenvalue weighted by molar-refractivity contribution is 0.288. The molecule has 0 heterocycles. The summed E-state index contributed by atoms with van der Waals surface area (Å²) in [5.41, 5.74) is 4.25. The van der Waals surface area contributed by atoms with Gasteiger partial charge in [-0.15, -0.1) is 0 Å². The van der Waals surface area contributed by atoms with Crippen molar-refractivity contribution < 1.29 is 9.50 Å². The second-order valence-corrected chi connectivity index (χ2v) is 4.95. The van der Waals surface area contributed by atoms with Gasteiger partial charge in [0.05, 0.1) is 0 Å². The summed E-state index contributed by atoms with van der Waals surface area (Å²) >= 11 is 0. The maximum absolute atomic E-state index is 13.2. The van der Waals surface area contributed by atoms with Crippen LogP contribution in [0.15, 0.2) is 42.5 Å². The third-order valence-corrected chi connectivity index (χ3v) is 3.34. The maximum Gasteiger partial charge on any atom is 0.123 e. The highest BCUT2D eigenvalue weighted by atomic mass is 19.1. The van der Waals surface area contributed by atoms with Gasteiger partial charge in [0.1, 0.15) is 5.82 Å². The number of hydrogen-bond donors (Lipinski definition) is 2. The molecular weight excluding hydrogens is 253 g/mol. The summed E-state index contributed by atoms with van der Waals surface area (Å²) in [6, 6.07) is 13.0. The minimum absolute atomic E-state index is 0.205. The molecule has 0 amide bonds. The molecule has 0 unspecified atom stereocenters. The van der Waals surface area contributed by atoms with E-state index in [1.54, 1.807) is 12.1 Å². The van der Waals surface area contributed by atoms with Gasteiger partial charge in [0.2, 0.25) is 0 Å².